The predicted octanol–water partition coefficient (Wildman–Crippen LogP) is 1.31. The van der Waals surface area contributed by atoms with Crippen molar-refractivity contribution in [2.75, 3.05) is 6.61 Å². The monoisotopic (exact) mass is 170 g/mol. The molecule has 0 bridgehead atoms. The molecule has 3 nitrogen and oxygen atoms in total. The van der Waals surface area contributed by atoms with Crippen LogP contribution in [-0.2, 0) is 4.74 Å². The van der Waals surface area contributed by atoms with Crippen molar-refractivity contribution in [3.05, 3.63) is 11.8 Å². The molecule has 3 heteroatoms. The molecular formula is C9H18N2O. The zero-order chi connectivity index (χ0) is 8.81. The van der Waals surface area contributed by atoms with E-state index in [4.69, 9.17) is 10.6 Å². The number of nitrogens with two attached hydrogens (primary N) is 1. The molecule has 0 spiro atoms. The van der Waals surface area contributed by atoms with Gasteiger partial charge >= 0.3 is 0 Å². The van der Waals surface area contributed by atoms with Gasteiger partial charge in [-0.25, -0.2) is 5.43 Å². The van der Waals surface area contributed by atoms with E-state index in [2.05, 4.69) is 18.4 Å². The summed E-state index contributed by atoms with van der Waals surface area (Å²) in [5.41, 5.74) is 2.78. The van der Waals surface area contributed by atoms with E-state index in [9.17, 15) is 0 Å². The fourth-order valence-corrected chi connectivity index (χ4v) is 1.42. The van der Waals surface area contributed by atoms with Crippen LogP contribution in [0.4, 0.5) is 0 Å². The Balaban J connectivity index is 2.45. The summed E-state index contributed by atoms with van der Waals surface area (Å²) in [4.78, 5) is 0. The second-order valence-corrected chi connectivity index (χ2v) is 3.11. The molecule has 1 rings (SSSR count). The van der Waals surface area contributed by atoms with Gasteiger partial charge in [-0.3, -0.25) is 5.84 Å². The van der Waals surface area contributed by atoms with Gasteiger partial charge in [-0.2, -0.15) is 0 Å². The Morgan fingerprint density at radius 1 is 1.75 bits per heavy atom. The first kappa shape index (κ1) is 9.55. The van der Waals surface area contributed by atoms with E-state index in [-0.39, 0.29) is 6.04 Å². The van der Waals surface area contributed by atoms with Crippen LogP contribution >= 0.6 is 0 Å². The van der Waals surface area contributed by atoms with Gasteiger partial charge in [0.2, 0.25) is 0 Å². The lowest BCUT2D eigenvalue weighted by Crippen LogP contribution is -2.37. The van der Waals surface area contributed by atoms with Gasteiger partial charge in [0.1, 0.15) is 5.76 Å². The second kappa shape index (κ2) is 5.17. The van der Waals surface area contributed by atoms with Crippen molar-refractivity contribution in [1.29, 1.82) is 0 Å². The van der Waals surface area contributed by atoms with Crippen molar-refractivity contribution < 1.29 is 4.74 Å². The lowest BCUT2D eigenvalue weighted by Gasteiger charge is -2.22. The molecule has 0 aromatic carbocycles. The van der Waals surface area contributed by atoms with E-state index in [1.165, 1.54) is 0 Å². The molecule has 0 aromatic heterocycles. The first-order valence-electron chi connectivity index (χ1n) is 4.67. The minimum absolute atomic E-state index is 0.218. The highest BCUT2D eigenvalue weighted by atomic mass is 16.5. The first-order chi connectivity index (χ1) is 5.88. The predicted molar refractivity (Wildman–Crippen MR) is 49.3 cm³/mol. The molecule has 12 heavy (non-hydrogen) atoms. The Hall–Kier alpha value is -0.540. The van der Waals surface area contributed by atoms with Crippen LogP contribution in [0.1, 0.15) is 32.6 Å². The Morgan fingerprint density at radius 2 is 2.58 bits per heavy atom. The third-order valence-electron chi connectivity index (χ3n) is 2.08. The summed E-state index contributed by atoms with van der Waals surface area (Å²) >= 11 is 0. The van der Waals surface area contributed by atoms with Crippen molar-refractivity contribution >= 4 is 0 Å². The van der Waals surface area contributed by atoms with E-state index in [0.29, 0.717) is 0 Å². The zero-order valence-corrected chi connectivity index (χ0v) is 7.68. The molecule has 3 N–H and O–H groups in total. The minimum Gasteiger partial charge on any atom is -0.497 e. The van der Waals surface area contributed by atoms with Crippen LogP contribution in [0.5, 0.6) is 0 Å². The number of rotatable bonds is 4. The number of nitrogens with one attached hydrogen (secondary N) is 1. The molecule has 1 aliphatic rings. The zero-order valence-electron chi connectivity index (χ0n) is 7.68. The SMILES string of the molecule is CCCC(NN)C1=CCCCO1. The number of allylic oxidation sites excluding steroid dienone is 1. The van der Waals surface area contributed by atoms with Gasteiger partial charge < -0.3 is 4.74 Å². The minimum atomic E-state index is 0.218. The Bertz CT molecular complexity index is 157. The van der Waals surface area contributed by atoms with Crippen LogP contribution in [-0.4, -0.2) is 12.6 Å². The summed E-state index contributed by atoms with van der Waals surface area (Å²) in [6, 6.07) is 0.218. The van der Waals surface area contributed by atoms with Gasteiger partial charge in [0.15, 0.2) is 0 Å². The molecule has 0 amide bonds. The van der Waals surface area contributed by atoms with Crippen LogP contribution in [0.2, 0.25) is 0 Å². The highest BCUT2D eigenvalue weighted by molar-refractivity contribution is 5.04. The molecule has 0 radical (unpaired) electrons. The number of hydrogen-bond acceptors (Lipinski definition) is 3. The normalized spacial score (nSPS) is 19.7. The summed E-state index contributed by atoms with van der Waals surface area (Å²) in [5, 5.41) is 0. The standard InChI is InChI=1S/C9H18N2O/c1-2-5-8(11-10)9-6-3-4-7-12-9/h6,8,11H,2-5,7,10H2,1H3. The number of hydrogen-bond donors (Lipinski definition) is 2. The lowest BCUT2D eigenvalue weighted by atomic mass is 10.1. The highest BCUT2D eigenvalue weighted by Gasteiger charge is 2.14. The van der Waals surface area contributed by atoms with Gasteiger partial charge in [0, 0.05) is 0 Å². The van der Waals surface area contributed by atoms with Crippen LogP contribution < -0.4 is 11.3 Å². The van der Waals surface area contributed by atoms with E-state index in [1.807, 2.05) is 0 Å². The number of ether oxygens (including phenoxy) is 1. The maximum Gasteiger partial charge on any atom is 0.110 e. The highest BCUT2D eigenvalue weighted by Crippen LogP contribution is 2.15. The summed E-state index contributed by atoms with van der Waals surface area (Å²) in [6.07, 6.45) is 6.56. The van der Waals surface area contributed by atoms with Crippen molar-refractivity contribution in [1.82, 2.24) is 5.43 Å². The van der Waals surface area contributed by atoms with Crippen molar-refractivity contribution in [2.45, 2.75) is 38.6 Å². The maximum atomic E-state index is 5.50. The fraction of sp³-hybridized carbons (Fsp3) is 0.778. The molecule has 1 aliphatic heterocycles. The summed E-state index contributed by atoms with van der Waals surface area (Å²) in [5.74, 6) is 6.45. The average Bonchev–Trinajstić information content (AvgIpc) is 2.15. The van der Waals surface area contributed by atoms with Crippen molar-refractivity contribution in [3.63, 3.8) is 0 Å². The topological polar surface area (TPSA) is 47.3 Å². The average molecular weight is 170 g/mol. The molecule has 0 aliphatic carbocycles. The Labute approximate surface area is 73.9 Å². The van der Waals surface area contributed by atoms with Crippen LogP contribution in [0.15, 0.2) is 11.8 Å². The smallest absolute Gasteiger partial charge is 0.110 e. The molecule has 1 unspecified atom stereocenters. The third kappa shape index (κ3) is 2.50. The maximum absolute atomic E-state index is 5.50. The quantitative estimate of drug-likeness (QED) is 0.494. The fourth-order valence-electron chi connectivity index (χ4n) is 1.42. The molecule has 1 heterocycles. The van der Waals surface area contributed by atoms with Gasteiger partial charge in [0.25, 0.3) is 0 Å². The Morgan fingerprint density at radius 3 is 3.08 bits per heavy atom. The largest absolute Gasteiger partial charge is 0.497 e. The molecular weight excluding hydrogens is 152 g/mol. The second-order valence-electron chi connectivity index (χ2n) is 3.11. The molecule has 0 aromatic rings. The molecule has 0 fully saturated rings. The number of hydrazine groups is 1. The molecule has 0 saturated carbocycles. The van der Waals surface area contributed by atoms with Crippen LogP contribution in [0.25, 0.3) is 0 Å². The van der Waals surface area contributed by atoms with Crippen molar-refractivity contribution in [2.24, 2.45) is 5.84 Å². The summed E-state index contributed by atoms with van der Waals surface area (Å²) < 4.78 is 5.50. The van der Waals surface area contributed by atoms with Gasteiger partial charge in [-0.15, -0.1) is 0 Å². The van der Waals surface area contributed by atoms with Crippen molar-refractivity contribution in [3.8, 4) is 0 Å². The summed E-state index contributed by atoms with van der Waals surface area (Å²) in [6.45, 7) is 2.99. The van der Waals surface area contributed by atoms with Crippen LogP contribution in [0, 0.1) is 0 Å². The van der Waals surface area contributed by atoms with E-state index in [1.54, 1.807) is 0 Å². The Kier molecular flexibility index (Phi) is 4.11. The van der Waals surface area contributed by atoms with E-state index >= 15 is 0 Å². The third-order valence-corrected chi connectivity index (χ3v) is 2.08. The van der Waals surface area contributed by atoms with E-state index in [0.717, 1.165) is 38.0 Å². The molecule has 0 saturated heterocycles. The van der Waals surface area contributed by atoms with Crippen LogP contribution in [0.3, 0.4) is 0 Å². The van der Waals surface area contributed by atoms with Gasteiger partial charge in [-0.1, -0.05) is 13.3 Å². The lowest BCUT2D eigenvalue weighted by molar-refractivity contribution is 0.165. The van der Waals surface area contributed by atoms with Gasteiger partial charge in [-0.05, 0) is 25.3 Å². The molecule has 1 atom stereocenters. The summed E-state index contributed by atoms with van der Waals surface area (Å²) in [7, 11) is 0. The first-order valence-corrected chi connectivity index (χ1v) is 4.67. The molecule has 70 valence electrons. The van der Waals surface area contributed by atoms with Gasteiger partial charge in [0.05, 0.1) is 12.6 Å². The van der Waals surface area contributed by atoms with E-state index < -0.39 is 0 Å².